The third-order valence-corrected chi connectivity index (χ3v) is 11.3. The van der Waals surface area contributed by atoms with E-state index in [0.717, 1.165) is 29.1 Å². The molecule has 0 bridgehead atoms. The van der Waals surface area contributed by atoms with Gasteiger partial charge < -0.3 is 9.84 Å². The van der Waals surface area contributed by atoms with Crippen LogP contribution in [0.1, 0.15) is 0 Å². The molecular formula is C25H16Cl2N4O8S3. The molecule has 3 N–H and O–H groups in total. The lowest BCUT2D eigenvalue weighted by Crippen LogP contribution is -2.30. The van der Waals surface area contributed by atoms with Gasteiger partial charge in [0.2, 0.25) is 9.84 Å². The van der Waals surface area contributed by atoms with Crippen LogP contribution in [-0.2, 0) is 19.9 Å². The molecule has 0 amide bonds. The van der Waals surface area contributed by atoms with Crippen molar-refractivity contribution in [1.29, 1.82) is 0 Å². The first kappa shape index (κ1) is 29.3. The minimum Gasteiger partial charge on any atom is -0.506 e. The van der Waals surface area contributed by atoms with E-state index in [0.29, 0.717) is 11.3 Å². The van der Waals surface area contributed by atoms with Crippen molar-refractivity contribution in [3.05, 3.63) is 110 Å². The van der Waals surface area contributed by atoms with Crippen LogP contribution in [-0.4, -0.2) is 36.7 Å². The maximum absolute atomic E-state index is 13.1. The third-order valence-electron chi connectivity index (χ3n) is 5.51. The van der Waals surface area contributed by atoms with Gasteiger partial charge >= 0.3 is 5.69 Å². The molecular weight excluding hydrogens is 651 g/mol. The lowest BCUT2D eigenvalue weighted by Gasteiger charge is -2.14. The van der Waals surface area contributed by atoms with E-state index in [4.69, 9.17) is 27.9 Å². The second-order valence-electron chi connectivity index (χ2n) is 8.37. The van der Waals surface area contributed by atoms with E-state index in [2.05, 4.69) is 14.8 Å². The summed E-state index contributed by atoms with van der Waals surface area (Å²) in [5, 5.41) is 13.9. The molecule has 2 heterocycles. The molecule has 17 heteroatoms. The number of halogens is 2. The Morgan fingerprint density at radius 2 is 1.57 bits per heavy atom. The van der Waals surface area contributed by atoms with Crippen molar-refractivity contribution in [3.63, 3.8) is 0 Å². The van der Waals surface area contributed by atoms with Crippen LogP contribution in [0.2, 0.25) is 10.0 Å². The van der Waals surface area contributed by atoms with Crippen molar-refractivity contribution in [2.75, 3.05) is 4.72 Å². The second kappa shape index (κ2) is 11.3. The number of sulfone groups is 1. The summed E-state index contributed by atoms with van der Waals surface area (Å²) in [5.41, 5.74) is -1.67. The van der Waals surface area contributed by atoms with Gasteiger partial charge in [-0.1, -0.05) is 41.4 Å². The normalized spacial score (nSPS) is 11.8. The van der Waals surface area contributed by atoms with E-state index in [1.807, 2.05) is 0 Å². The van der Waals surface area contributed by atoms with Crippen molar-refractivity contribution in [3.8, 4) is 22.9 Å². The van der Waals surface area contributed by atoms with Crippen LogP contribution < -0.4 is 20.7 Å². The maximum Gasteiger partial charge on any atom is 0.349 e. The number of ether oxygens (including phenoxy) is 1. The van der Waals surface area contributed by atoms with Crippen LogP contribution >= 0.6 is 34.5 Å². The van der Waals surface area contributed by atoms with Crippen LogP contribution in [0.25, 0.3) is 5.69 Å². The minimum atomic E-state index is -4.33. The van der Waals surface area contributed by atoms with Gasteiger partial charge in [0.05, 0.1) is 26.3 Å². The van der Waals surface area contributed by atoms with Gasteiger partial charge in [0, 0.05) is 6.07 Å². The molecule has 216 valence electrons. The minimum absolute atomic E-state index is 0.0126. The largest absolute Gasteiger partial charge is 0.506 e. The molecule has 0 radical (unpaired) electrons. The number of H-pyrrole nitrogens is 1. The predicted octanol–water partition coefficient (Wildman–Crippen LogP) is 4.42. The van der Waals surface area contributed by atoms with Crippen molar-refractivity contribution in [2.24, 2.45) is 0 Å². The molecule has 0 aliphatic rings. The average molecular weight is 668 g/mol. The Labute approximate surface area is 251 Å². The van der Waals surface area contributed by atoms with Crippen LogP contribution in [0.4, 0.5) is 5.69 Å². The van der Waals surface area contributed by atoms with E-state index in [1.165, 1.54) is 36.4 Å². The van der Waals surface area contributed by atoms with E-state index in [9.17, 15) is 31.5 Å². The summed E-state index contributed by atoms with van der Waals surface area (Å²) in [6, 6.07) is 16.1. The molecule has 5 rings (SSSR count). The highest BCUT2D eigenvalue weighted by molar-refractivity contribution is 7.96. The van der Waals surface area contributed by atoms with Crippen molar-refractivity contribution >= 4 is 60.1 Å². The van der Waals surface area contributed by atoms with Gasteiger partial charge in [-0.2, -0.15) is 9.78 Å². The van der Waals surface area contributed by atoms with Gasteiger partial charge in [-0.15, -0.1) is 11.3 Å². The first-order chi connectivity index (χ1) is 19.8. The summed E-state index contributed by atoms with van der Waals surface area (Å²) in [6.45, 7) is 0. The zero-order valence-electron chi connectivity index (χ0n) is 20.7. The number of aromatic nitrogens is 3. The van der Waals surface area contributed by atoms with Crippen molar-refractivity contribution < 1.29 is 26.7 Å². The van der Waals surface area contributed by atoms with Crippen LogP contribution in [0, 0.1) is 0 Å². The molecule has 12 nitrogen and oxygen atoms in total. The van der Waals surface area contributed by atoms with E-state index in [1.54, 1.807) is 18.2 Å². The molecule has 0 aliphatic heterocycles. The Kier molecular flexibility index (Phi) is 7.87. The molecule has 0 fully saturated rings. The average Bonchev–Trinajstić information content (AvgIpc) is 3.45. The van der Waals surface area contributed by atoms with Crippen molar-refractivity contribution in [2.45, 2.75) is 13.3 Å². The Morgan fingerprint density at radius 1 is 0.905 bits per heavy atom. The third kappa shape index (κ3) is 5.91. The number of anilines is 1. The number of thiophene rings is 1. The molecule has 0 saturated heterocycles. The van der Waals surface area contributed by atoms with Gasteiger partial charge in [0.1, 0.15) is 26.1 Å². The number of sulfonamides is 1. The summed E-state index contributed by atoms with van der Waals surface area (Å²) >= 11 is 13.2. The zero-order valence-corrected chi connectivity index (χ0v) is 24.6. The smallest absolute Gasteiger partial charge is 0.349 e. The molecule has 3 aromatic carbocycles. The topological polar surface area (TPSA) is 178 Å². The molecule has 0 aliphatic carbocycles. The number of rotatable bonds is 8. The molecule has 2 aromatic heterocycles. The number of benzene rings is 3. The number of nitrogens with one attached hydrogen (secondary N) is 2. The first-order valence-corrected chi connectivity index (χ1v) is 16.0. The lowest BCUT2D eigenvalue weighted by molar-refractivity contribution is 0.466. The number of aromatic amines is 1. The van der Waals surface area contributed by atoms with Crippen molar-refractivity contribution in [1.82, 2.24) is 14.8 Å². The van der Waals surface area contributed by atoms with Crippen LogP contribution in [0.15, 0.2) is 102 Å². The fourth-order valence-electron chi connectivity index (χ4n) is 3.58. The van der Waals surface area contributed by atoms with E-state index in [-0.39, 0.29) is 46.2 Å². The first-order valence-electron chi connectivity index (χ1n) is 11.5. The summed E-state index contributed by atoms with van der Waals surface area (Å²) in [5.74, 6) is -0.497. The summed E-state index contributed by atoms with van der Waals surface area (Å²) < 4.78 is 60.2. The zero-order chi connectivity index (χ0) is 30.2. The van der Waals surface area contributed by atoms with Gasteiger partial charge in [-0.25, -0.2) is 21.6 Å². The molecule has 0 spiro atoms. The molecule has 0 saturated carbocycles. The predicted molar refractivity (Wildman–Crippen MR) is 156 cm³/mol. The Hall–Kier alpha value is -4.15. The molecule has 0 unspecified atom stereocenters. The SMILES string of the molecule is O=c1cnn(-c2cc(Cl)c(Oc3ccc(O)c(NS(=O)(=O)c4ccc(S(=O)(=O)c5ccccc5)s4)c3)c(Cl)c2)c(=O)[nH]1. The summed E-state index contributed by atoms with van der Waals surface area (Å²) in [7, 11) is -8.28. The molecule has 0 atom stereocenters. The Morgan fingerprint density at radius 3 is 2.24 bits per heavy atom. The Bertz CT molecular complexity index is 2140. The maximum atomic E-state index is 13.1. The number of aromatic hydroxyl groups is 1. The Balaban J connectivity index is 1.40. The highest BCUT2D eigenvalue weighted by atomic mass is 35.5. The fourth-order valence-corrected chi connectivity index (χ4v) is 8.39. The number of phenolic OH excluding ortho intramolecular Hbond substituents is 1. The number of phenols is 1. The summed E-state index contributed by atoms with van der Waals surface area (Å²) in [4.78, 5) is 25.4. The van der Waals surface area contributed by atoms with Crippen LogP contribution in [0.5, 0.6) is 17.2 Å². The van der Waals surface area contributed by atoms with E-state index < -0.39 is 36.9 Å². The van der Waals surface area contributed by atoms with Gasteiger partial charge in [-0.05, 0) is 48.5 Å². The highest BCUT2D eigenvalue weighted by Gasteiger charge is 2.25. The van der Waals surface area contributed by atoms with Crippen LogP contribution in [0.3, 0.4) is 0 Å². The molecule has 42 heavy (non-hydrogen) atoms. The fraction of sp³-hybridized carbons (Fsp3) is 0. The number of hydrogen-bond donors (Lipinski definition) is 3. The van der Waals surface area contributed by atoms with Gasteiger partial charge in [-0.3, -0.25) is 14.5 Å². The summed E-state index contributed by atoms with van der Waals surface area (Å²) in [6.07, 6.45) is 0.895. The standard InChI is InChI=1S/C25H16Cl2N4O8S3/c26-17-10-14(31-25(34)29-21(33)13-28-31)11-18(27)24(17)39-15-6-7-20(32)19(12-15)30-42(37,38)23-9-8-22(40-23)41(35,36)16-4-2-1-3-5-16/h1-13,30,32H,(H,29,33,34). The monoisotopic (exact) mass is 666 g/mol. The number of nitrogens with zero attached hydrogens (tertiary/aromatic N) is 2. The second-order valence-corrected chi connectivity index (χ2v) is 14.3. The number of hydrogen-bond acceptors (Lipinski definition) is 10. The lowest BCUT2D eigenvalue weighted by atomic mass is 10.2. The van der Waals surface area contributed by atoms with Gasteiger partial charge in [0.25, 0.3) is 15.6 Å². The molecule has 5 aromatic rings. The quantitative estimate of drug-likeness (QED) is 0.202. The van der Waals surface area contributed by atoms with Gasteiger partial charge in [0.15, 0.2) is 5.75 Å². The highest BCUT2D eigenvalue weighted by Crippen LogP contribution is 2.40. The van der Waals surface area contributed by atoms with E-state index >= 15 is 0 Å².